The number of hydrazone groups is 2. The maximum absolute atomic E-state index is 10.9. The Hall–Kier alpha value is -1.72. The van der Waals surface area contributed by atoms with Crippen molar-refractivity contribution in [3.8, 4) is 0 Å². The summed E-state index contributed by atoms with van der Waals surface area (Å²) in [7, 11) is 0. The van der Waals surface area contributed by atoms with Gasteiger partial charge in [-0.05, 0) is 13.8 Å². The van der Waals surface area contributed by atoms with Gasteiger partial charge in [0, 0.05) is 25.3 Å². The molecule has 0 aromatic carbocycles. The number of amides is 2. The van der Waals surface area contributed by atoms with E-state index in [1.807, 2.05) is 0 Å². The summed E-state index contributed by atoms with van der Waals surface area (Å²) >= 11 is 0. The van der Waals surface area contributed by atoms with Gasteiger partial charge < -0.3 is 0 Å². The summed E-state index contributed by atoms with van der Waals surface area (Å²) < 4.78 is 0. The quantitative estimate of drug-likeness (QED) is 0.482. The van der Waals surface area contributed by atoms with E-state index in [0.29, 0.717) is 0 Å². The van der Waals surface area contributed by atoms with E-state index in [2.05, 4.69) is 21.1 Å². The average molecular weight is 198 g/mol. The van der Waals surface area contributed by atoms with E-state index < -0.39 is 0 Å². The van der Waals surface area contributed by atoms with Crippen molar-refractivity contribution in [2.75, 3.05) is 0 Å². The smallest absolute Gasteiger partial charge is 0.240 e. The van der Waals surface area contributed by atoms with Gasteiger partial charge in [-0.2, -0.15) is 10.2 Å². The number of rotatable bonds is 5. The molecule has 2 N–H and O–H groups in total. The van der Waals surface area contributed by atoms with E-state index in [9.17, 15) is 9.59 Å². The van der Waals surface area contributed by atoms with Gasteiger partial charge in [0.1, 0.15) is 0 Å². The molecule has 0 unspecified atom stereocenters. The molecule has 0 aromatic rings. The maximum Gasteiger partial charge on any atom is 0.240 e. The molecule has 0 heterocycles. The van der Waals surface area contributed by atoms with E-state index >= 15 is 0 Å². The fourth-order valence-electron chi connectivity index (χ4n) is 0.612. The lowest BCUT2D eigenvalue weighted by Crippen LogP contribution is -2.22. The van der Waals surface area contributed by atoms with Crippen molar-refractivity contribution in [1.29, 1.82) is 0 Å². The summed E-state index contributed by atoms with van der Waals surface area (Å²) in [4.78, 5) is 21.9. The number of nitrogens with one attached hydrogen (secondary N) is 2. The van der Waals surface area contributed by atoms with Crippen molar-refractivity contribution in [3.63, 3.8) is 0 Å². The summed E-state index contributed by atoms with van der Waals surface area (Å²) in [6.45, 7) is 3.37. The molecule has 0 rings (SSSR count). The first kappa shape index (κ1) is 12.3. The molecule has 0 aliphatic rings. The fraction of sp³-hybridized carbons (Fsp3) is 0.500. The Labute approximate surface area is 82.4 Å². The first-order valence-electron chi connectivity index (χ1n) is 4.23. The molecular formula is C8H14N4O2. The van der Waals surface area contributed by atoms with Crippen LogP contribution >= 0.6 is 0 Å². The van der Waals surface area contributed by atoms with Crippen molar-refractivity contribution in [2.45, 2.75) is 26.7 Å². The van der Waals surface area contributed by atoms with Crippen LogP contribution in [0, 0.1) is 0 Å². The topological polar surface area (TPSA) is 82.9 Å². The highest BCUT2D eigenvalue weighted by Gasteiger charge is 2.04. The molecule has 14 heavy (non-hydrogen) atoms. The lowest BCUT2D eigenvalue weighted by Gasteiger charge is -1.98. The molecule has 0 spiro atoms. The standard InChI is InChI=1S/C8H14N4O2/c1-3-9-11-7(13)5-6-8(14)12-10-4-2/h3-4H,5-6H2,1-2H3,(H,11,13)(H,12,14)/b9-3+,10-4+. The Balaban J connectivity index is 3.61. The number of carbonyl (C=O) groups excluding carboxylic acids is 2. The molecule has 0 bridgehead atoms. The van der Waals surface area contributed by atoms with Crippen molar-refractivity contribution in [2.24, 2.45) is 10.2 Å². The number of carbonyl (C=O) groups is 2. The summed E-state index contributed by atoms with van der Waals surface area (Å²) in [6, 6.07) is 0. The second-order valence-corrected chi connectivity index (χ2v) is 2.34. The predicted octanol–water partition coefficient (Wildman–Crippen LogP) is 0.0104. The maximum atomic E-state index is 10.9. The highest BCUT2D eigenvalue weighted by molar-refractivity contribution is 5.84. The van der Waals surface area contributed by atoms with E-state index in [4.69, 9.17) is 0 Å². The number of hydrogen-bond donors (Lipinski definition) is 2. The van der Waals surface area contributed by atoms with Crippen LogP contribution in [0.5, 0.6) is 0 Å². The summed E-state index contributed by atoms with van der Waals surface area (Å²) in [6.07, 6.45) is 3.11. The van der Waals surface area contributed by atoms with Gasteiger partial charge in [0.25, 0.3) is 0 Å². The average Bonchev–Trinajstić information content (AvgIpc) is 2.20. The van der Waals surface area contributed by atoms with Crippen LogP contribution in [0.15, 0.2) is 10.2 Å². The molecule has 78 valence electrons. The van der Waals surface area contributed by atoms with Gasteiger partial charge in [0.15, 0.2) is 0 Å². The zero-order chi connectivity index (χ0) is 10.8. The fourth-order valence-corrected chi connectivity index (χ4v) is 0.612. The number of hydrogen-bond acceptors (Lipinski definition) is 4. The van der Waals surface area contributed by atoms with Crippen LogP contribution in [0.3, 0.4) is 0 Å². The van der Waals surface area contributed by atoms with Crippen molar-refractivity contribution < 1.29 is 9.59 Å². The molecule has 6 heteroatoms. The number of nitrogens with zero attached hydrogens (tertiary/aromatic N) is 2. The first-order chi connectivity index (χ1) is 6.70. The third kappa shape index (κ3) is 6.96. The summed E-state index contributed by atoms with van der Waals surface area (Å²) in [5, 5.41) is 7.05. The van der Waals surface area contributed by atoms with Crippen LogP contribution in [0.25, 0.3) is 0 Å². The van der Waals surface area contributed by atoms with Gasteiger partial charge >= 0.3 is 0 Å². The van der Waals surface area contributed by atoms with Crippen LogP contribution < -0.4 is 10.9 Å². The van der Waals surface area contributed by atoms with Crippen molar-refractivity contribution >= 4 is 24.2 Å². The van der Waals surface area contributed by atoms with Crippen molar-refractivity contribution in [1.82, 2.24) is 10.9 Å². The largest absolute Gasteiger partial charge is 0.273 e. The molecule has 0 aromatic heterocycles. The van der Waals surface area contributed by atoms with Gasteiger partial charge in [-0.3, -0.25) is 9.59 Å². The molecule has 0 fully saturated rings. The third-order valence-electron chi connectivity index (χ3n) is 1.22. The second-order valence-electron chi connectivity index (χ2n) is 2.34. The van der Waals surface area contributed by atoms with Crippen LogP contribution in [0.2, 0.25) is 0 Å². The molecule has 0 aliphatic heterocycles. The van der Waals surface area contributed by atoms with E-state index in [1.54, 1.807) is 13.8 Å². The van der Waals surface area contributed by atoms with E-state index in [-0.39, 0.29) is 24.7 Å². The molecule has 0 atom stereocenters. The second kappa shape index (κ2) is 7.90. The SMILES string of the molecule is C/C=N/NC(=O)CCC(=O)N/N=C/C. The highest BCUT2D eigenvalue weighted by Crippen LogP contribution is 1.88. The zero-order valence-electron chi connectivity index (χ0n) is 8.28. The van der Waals surface area contributed by atoms with Crippen LogP contribution in [0.1, 0.15) is 26.7 Å². The Morgan fingerprint density at radius 1 is 1.00 bits per heavy atom. The van der Waals surface area contributed by atoms with Gasteiger partial charge in [-0.25, -0.2) is 10.9 Å². The Bertz CT molecular complexity index is 222. The van der Waals surface area contributed by atoms with Crippen LogP contribution in [-0.4, -0.2) is 24.2 Å². The minimum atomic E-state index is -0.293. The first-order valence-corrected chi connectivity index (χ1v) is 4.23. The lowest BCUT2D eigenvalue weighted by molar-refractivity contribution is -0.126. The summed E-state index contributed by atoms with van der Waals surface area (Å²) in [5.74, 6) is -0.586. The molecular weight excluding hydrogens is 184 g/mol. The molecule has 0 aliphatic carbocycles. The Kier molecular flexibility index (Phi) is 6.93. The normalized spacial score (nSPS) is 10.7. The van der Waals surface area contributed by atoms with E-state index in [0.717, 1.165) is 0 Å². The van der Waals surface area contributed by atoms with Gasteiger partial charge in [-0.1, -0.05) is 0 Å². The molecule has 2 amide bonds. The molecule has 0 saturated carbocycles. The van der Waals surface area contributed by atoms with Crippen LogP contribution in [0.4, 0.5) is 0 Å². The Morgan fingerprint density at radius 2 is 1.36 bits per heavy atom. The van der Waals surface area contributed by atoms with Crippen LogP contribution in [-0.2, 0) is 9.59 Å². The monoisotopic (exact) mass is 198 g/mol. The van der Waals surface area contributed by atoms with Gasteiger partial charge in [0.05, 0.1) is 0 Å². The summed E-state index contributed by atoms with van der Waals surface area (Å²) in [5.41, 5.74) is 4.51. The minimum Gasteiger partial charge on any atom is -0.273 e. The van der Waals surface area contributed by atoms with Gasteiger partial charge in [0.2, 0.25) is 11.8 Å². The van der Waals surface area contributed by atoms with Crippen molar-refractivity contribution in [3.05, 3.63) is 0 Å². The predicted molar refractivity (Wildman–Crippen MR) is 53.9 cm³/mol. The lowest BCUT2D eigenvalue weighted by atomic mass is 10.3. The van der Waals surface area contributed by atoms with E-state index in [1.165, 1.54) is 12.4 Å². The minimum absolute atomic E-state index is 0.0996. The highest BCUT2D eigenvalue weighted by atomic mass is 16.2. The molecule has 0 radical (unpaired) electrons. The van der Waals surface area contributed by atoms with Gasteiger partial charge in [-0.15, -0.1) is 0 Å². The third-order valence-corrected chi connectivity index (χ3v) is 1.22. The molecule has 0 saturated heterocycles. The zero-order valence-corrected chi connectivity index (χ0v) is 8.28. The Morgan fingerprint density at radius 3 is 1.64 bits per heavy atom. The molecule has 6 nitrogen and oxygen atoms in total.